The maximum Gasteiger partial charge on any atom is 0.306 e. The Morgan fingerprint density at radius 3 is 2.25 bits per heavy atom. The van der Waals surface area contributed by atoms with Crippen molar-refractivity contribution in [2.45, 2.75) is 89.4 Å². The van der Waals surface area contributed by atoms with E-state index in [0.717, 1.165) is 38.5 Å². The minimum absolute atomic E-state index is 0.139. The molecule has 2 fully saturated rings. The molecule has 116 valence electrons. The van der Waals surface area contributed by atoms with Crippen molar-refractivity contribution in [1.82, 2.24) is 10.6 Å². The summed E-state index contributed by atoms with van der Waals surface area (Å²) < 4.78 is 0. The summed E-state index contributed by atoms with van der Waals surface area (Å²) in [6, 6.07) is 0.860. The number of aliphatic carboxylic acids is 1. The van der Waals surface area contributed by atoms with Crippen LogP contribution in [0.2, 0.25) is 0 Å². The summed E-state index contributed by atoms with van der Waals surface area (Å²) in [4.78, 5) is 11.2. The Hall–Kier alpha value is -0.610. The predicted molar refractivity (Wildman–Crippen MR) is 80.8 cm³/mol. The van der Waals surface area contributed by atoms with Crippen LogP contribution in [0.25, 0.3) is 0 Å². The average molecular weight is 282 g/mol. The summed E-state index contributed by atoms with van der Waals surface area (Å²) >= 11 is 0. The van der Waals surface area contributed by atoms with Gasteiger partial charge in [-0.25, -0.2) is 0 Å². The summed E-state index contributed by atoms with van der Waals surface area (Å²) in [5.74, 6) is -0.772. The molecule has 0 amide bonds. The van der Waals surface area contributed by atoms with Crippen molar-refractivity contribution in [3.8, 4) is 0 Å². The monoisotopic (exact) mass is 282 g/mol. The molecular formula is C16H30N2O2. The van der Waals surface area contributed by atoms with Gasteiger partial charge in [0.25, 0.3) is 0 Å². The second kappa shape index (κ2) is 5.64. The van der Waals surface area contributed by atoms with E-state index < -0.39 is 5.97 Å². The van der Waals surface area contributed by atoms with Gasteiger partial charge in [0.15, 0.2) is 0 Å². The zero-order valence-electron chi connectivity index (χ0n) is 13.3. The number of carboxylic acid groups (broad SMARTS) is 1. The van der Waals surface area contributed by atoms with Gasteiger partial charge in [0.2, 0.25) is 0 Å². The first-order valence-electron chi connectivity index (χ1n) is 7.95. The van der Waals surface area contributed by atoms with Crippen LogP contribution >= 0.6 is 0 Å². The fourth-order valence-corrected chi connectivity index (χ4v) is 4.34. The summed E-state index contributed by atoms with van der Waals surface area (Å²) in [6.07, 6.45) is 5.99. The van der Waals surface area contributed by atoms with E-state index >= 15 is 0 Å². The number of hydrogen-bond acceptors (Lipinski definition) is 3. The molecule has 4 nitrogen and oxygen atoms in total. The SMILES string of the molecule is CC1(C)CC(NC2CCCC(C(=O)O)C2)CC(C)(C)N1. The Kier molecular flexibility index (Phi) is 4.45. The van der Waals surface area contributed by atoms with Gasteiger partial charge in [0, 0.05) is 23.2 Å². The van der Waals surface area contributed by atoms with Crippen molar-refractivity contribution in [3.05, 3.63) is 0 Å². The lowest BCUT2D eigenvalue weighted by molar-refractivity contribution is -0.143. The van der Waals surface area contributed by atoms with E-state index in [-0.39, 0.29) is 17.0 Å². The molecule has 1 aliphatic carbocycles. The highest BCUT2D eigenvalue weighted by molar-refractivity contribution is 5.70. The molecule has 0 radical (unpaired) electrons. The van der Waals surface area contributed by atoms with Crippen LogP contribution in [0.4, 0.5) is 0 Å². The van der Waals surface area contributed by atoms with Crippen molar-refractivity contribution in [2.24, 2.45) is 5.92 Å². The molecule has 0 bridgehead atoms. The van der Waals surface area contributed by atoms with Crippen LogP contribution in [-0.2, 0) is 4.79 Å². The Balaban J connectivity index is 1.93. The molecule has 2 unspecified atom stereocenters. The molecule has 1 saturated heterocycles. The Morgan fingerprint density at radius 2 is 1.70 bits per heavy atom. The number of rotatable bonds is 3. The lowest BCUT2D eigenvalue weighted by atomic mass is 9.78. The molecule has 0 spiro atoms. The second-order valence-corrected chi connectivity index (χ2v) is 8.06. The van der Waals surface area contributed by atoms with Gasteiger partial charge in [0.05, 0.1) is 5.92 Å². The molecule has 1 aliphatic heterocycles. The summed E-state index contributed by atoms with van der Waals surface area (Å²) in [5.41, 5.74) is 0.278. The zero-order valence-corrected chi connectivity index (χ0v) is 13.3. The molecule has 1 heterocycles. The molecule has 2 rings (SSSR count). The van der Waals surface area contributed by atoms with Crippen molar-refractivity contribution >= 4 is 5.97 Å². The topological polar surface area (TPSA) is 61.4 Å². The highest BCUT2D eigenvalue weighted by Crippen LogP contribution is 2.31. The predicted octanol–water partition coefficient (Wildman–Crippen LogP) is 2.53. The molecular weight excluding hydrogens is 252 g/mol. The normalized spacial score (nSPS) is 33.8. The summed E-state index contributed by atoms with van der Waals surface area (Å²) in [6.45, 7) is 9.01. The van der Waals surface area contributed by atoms with Gasteiger partial charge in [-0.15, -0.1) is 0 Å². The zero-order chi connectivity index (χ0) is 15.0. The van der Waals surface area contributed by atoms with Crippen LogP contribution < -0.4 is 10.6 Å². The van der Waals surface area contributed by atoms with Gasteiger partial charge in [-0.3, -0.25) is 4.79 Å². The number of nitrogens with one attached hydrogen (secondary N) is 2. The number of piperidine rings is 1. The Morgan fingerprint density at radius 1 is 1.10 bits per heavy atom. The largest absolute Gasteiger partial charge is 0.481 e. The second-order valence-electron chi connectivity index (χ2n) is 8.06. The van der Waals surface area contributed by atoms with Crippen LogP contribution in [0.1, 0.15) is 66.2 Å². The lowest BCUT2D eigenvalue weighted by Gasteiger charge is -2.48. The van der Waals surface area contributed by atoms with Gasteiger partial charge in [0.1, 0.15) is 0 Å². The fraction of sp³-hybridized carbons (Fsp3) is 0.938. The lowest BCUT2D eigenvalue weighted by Crippen LogP contribution is -2.62. The van der Waals surface area contributed by atoms with E-state index in [2.05, 4.69) is 38.3 Å². The first-order chi connectivity index (χ1) is 9.17. The highest BCUT2D eigenvalue weighted by atomic mass is 16.4. The van der Waals surface area contributed by atoms with Crippen LogP contribution in [0.3, 0.4) is 0 Å². The molecule has 20 heavy (non-hydrogen) atoms. The molecule has 2 atom stereocenters. The molecule has 1 saturated carbocycles. The Bertz CT molecular complexity index is 349. The van der Waals surface area contributed by atoms with Gasteiger partial charge in [-0.05, 0) is 59.8 Å². The number of carbonyl (C=O) groups is 1. The number of carboxylic acids is 1. The van der Waals surface area contributed by atoms with E-state index in [1.54, 1.807) is 0 Å². The summed E-state index contributed by atoms with van der Waals surface area (Å²) in [7, 11) is 0. The van der Waals surface area contributed by atoms with E-state index in [1.165, 1.54) is 0 Å². The van der Waals surface area contributed by atoms with Crippen LogP contribution in [0.5, 0.6) is 0 Å². The Labute approximate surface area is 122 Å². The standard InChI is InChI=1S/C16H30N2O2/c1-15(2)9-13(10-16(3,4)18-15)17-12-7-5-6-11(8-12)14(19)20/h11-13,17-18H,5-10H2,1-4H3,(H,19,20). The molecule has 0 aromatic rings. The van der Waals surface area contributed by atoms with Crippen molar-refractivity contribution < 1.29 is 9.90 Å². The maximum atomic E-state index is 11.2. The van der Waals surface area contributed by atoms with Gasteiger partial charge < -0.3 is 15.7 Å². The van der Waals surface area contributed by atoms with E-state index in [1.807, 2.05) is 0 Å². The van der Waals surface area contributed by atoms with Crippen LogP contribution in [0, 0.1) is 5.92 Å². The smallest absolute Gasteiger partial charge is 0.306 e. The van der Waals surface area contributed by atoms with Gasteiger partial charge in [-0.2, -0.15) is 0 Å². The third-order valence-electron chi connectivity index (χ3n) is 4.69. The minimum Gasteiger partial charge on any atom is -0.481 e. The van der Waals surface area contributed by atoms with Crippen LogP contribution in [0.15, 0.2) is 0 Å². The van der Waals surface area contributed by atoms with Gasteiger partial charge >= 0.3 is 5.97 Å². The quantitative estimate of drug-likeness (QED) is 0.744. The fourth-order valence-electron chi connectivity index (χ4n) is 4.34. The summed E-state index contributed by atoms with van der Waals surface area (Å²) in [5, 5.41) is 16.6. The van der Waals surface area contributed by atoms with Crippen molar-refractivity contribution in [2.75, 3.05) is 0 Å². The van der Waals surface area contributed by atoms with Crippen LogP contribution in [-0.4, -0.2) is 34.2 Å². The third kappa shape index (κ3) is 4.19. The molecule has 4 heteroatoms. The van der Waals surface area contributed by atoms with Crippen molar-refractivity contribution in [3.63, 3.8) is 0 Å². The average Bonchev–Trinajstić information content (AvgIpc) is 2.24. The molecule has 3 N–H and O–H groups in total. The molecule has 2 aliphatic rings. The minimum atomic E-state index is -0.623. The van der Waals surface area contributed by atoms with E-state index in [0.29, 0.717) is 12.1 Å². The maximum absolute atomic E-state index is 11.2. The first kappa shape index (κ1) is 15.8. The molecule has 0 aromatic heterocycles. The molecule has 0 aromatic carbocycles. The highest BCUT2D eigenvalue weighted by Gasteiger charge is 2.39. The van der Waals surface area contributed by atoms with Crippen molar-refractivity contribution in [1.29, 1.82) is 0 Å². The van der Waals surface area contributed by atoms with E-state index in [4.69, 9.17) is 0 Å². The van der Waals surface area contributed by atoms with Gasteiger partial charge in [-0.1, -0.05) is 6.42 Å². The van der Waals surface area contributed by atoms with E-state index in [9.17, 15) is 9.90 Å². The third-order valence-corrected chi connectivity index (χ3v) is 4.69. The first-order valence-corrected chi connectivity index (χ1v) is 7.95. The number of hydrogen-bond donors (Lipinski definition) is 3.